The molecule has 0 saturated heterocycles. The second-order valence-corrected chi connectivity index (χ2v) is 7.39. The number of nitrogens with one attached hydrogen (secondary N) is 1. The lowest BCUT2D eigenvalue weighted by Crippen LogP contribution is -2.37. The lowest BCUT2D eigenvalue weighted by Gasteiger charge is -2.32. The van der Waals surface area contributed by atoms with Crippen LogP contribution in [0.2, 0.25) is 0 Å². The summed E-state index contributed by atoms with van der Waals surface area (Å²) in [6.07, 6.45) is 4.14. The van der Waals surface area contributed by atoms with E-state index in [1.54, 1.807) is 23.5 Å². The molecule has 0 spiro atoms. The van der Waals surface area contributed by atoms with E-state index >= 15 is 0 Å². The summed E-state index contributed by atoms with van der Waals surface area (Å²) in [4.78, 5) is 27.8. The molecule has 0 radical (unpaired) electrons. The standard InChI is InChI=1S/C23H20N2O4/c1-14(26)25-18-7-3-2-6-16(18)24-17-12-15(20-8-4-10-28-20)13-19(27)22(17)23(25)21-9-5-11-29-21/h2-11,15,23-24H,12-13H2,1H3/t15-,23+/m1/s1. The number of fused-ring (bicyclic) bond motifs is 1. The van der Waals surface area contributed by atoms with Gasteiger partial charge in [0.15, 0.2) is 5.78 Å². The van der Waals surface area contributed by atoms with Crippen molar-refractivity contribution in [3.05, 3.63) is 83.8 Å². The van der Waals surface area contributed by atoms with Gasteiger partial charge in [0.05, 0.1) is 23.9 Å². The van der Waals surface area contributed by atoms with Gasteiger partial charge in [-0.05, 0) is 42.8 Å². The molecule has 1 amide bonds. The van der Waals surface area contributed by atoms with Crippen LogP contribution in [-0.4, -0.2) is 11.7 Å². The molecule has 2 aromatic heterocycles. The minimum atomic E-state index is -0.612. The van der Waals surface area contributed by atoms with Crippen LogP contribution in [0.5, 0.6) is 0 Å². The van der Waals surface area contributed by atoms with Gasteiger partial charge in [0, 0.05) is 30.5 Å². The Hall–Kier alpha value is -3.54. The Kier molecular flexibility index (Phi) is 4.12. The van der Waals surface area contributed by atoms with Gasteiger partial charge in [-0.1, -0.05) is 12.1 Å². The van der Waals surface area contributed by atoms with E-state index in [0.717, 1.165) is 22.8 Å². The lowest BCUT2D eigenvalue weighted by atomic mass is 9.81. The summed E-state index contributed by atoms with van der Waals surface area (Å²) >= 11 is 0. The quantitative estimate of drug-likeness (QED) is 0.683. The number of carbonyl (C=O) groups excluding carboxylic acids is 2. The number of nitrogens with zero attached hydrogens (tertiary/aromatic N) is 1. The smallest absolute Gasteiger partial charge is 0.224 e. The maximum atomic E-state index is 13.4. The molecular formula is C23H20N2O4. The van der Waals surface area contributed by atoms with Crippen LogP contribution < -0.4 is 10.2 Å². The maximum absolute atomic E-state index is 13.4. The molecule has 0 bridgehead atoms. The highest BCUT2D eigenvalue weighted by Crippen LogP contribution is 2.47. The van der Waals surface area contributed by atoms with Gasteiger partial charge in [0.1, 0.15) is 17.6 Å². The molecule has 3 heterocycles. The molecule has 6 nitrogen and oxygen atoms in total. The van der Waals surface area contributed by atoms with E-state index in [1.165, 1.54) is 6.92 Å². The average Bonchev–Trinajstić information content (AvgIpc) is 3.39. The summed E-state index contributed by atoms with van der Waals surface area (Å²) in [6.45, 7) is 1.51. The second kappa shape index (κ2) is 6.81. The van der Waals surface area contributed by atoms with E-state index in [9.17, 15) is 9.59 Å². The van der Waals surface area contributed by atoms with Crippen LogP contribution in [0, 0.1) is 0 Å². The number of anilines is 2. The van der Waals surface area contributed by atoms with Gasteiger partial charge in [0.25, 0.3) is 0 Å². The van der Waals surface area contributed by atoms with Crippen molar-refractivity contribution in [1.29, 1.82) is 0 Å². The van der Waals surface area contributed by atoms with Crippen molar-refractivity contribution >= 4 is 23.1 Å². The van der Waals surface area contributed by atoms with E-state index < -0.39 is 6.04 Å². The third kappa shape index (κ3) is 2.88. The zero-order chi connectivity index (χ0) is 20.0. The summed E-state index contributed by atoms with van der Waals surface area (Å²) in [5.41, 5.74) is 2.89. The van der Waals surface area contributed by atoms with Crippen LogP contribution in [0.15, 0.2) is 81.2 Å². The Labute approximate surface area is 167 Å². The van der Waals surface area contributed by atoms with Crippen molar-refractivity contribution in [3.8, 4) is 0 Å². The van der Waals surface area contributed by atoms with Crippen molar-refractivity contribution < 1.29 is 18.4 Å². The van der Waals surface area contributed by atoms with Crippen molar-refractivity contribution in [2.45, 2.75) is 31.7 Å². The molecule has 3 aromatic rings. The normalized spacial score (nSPS) is 21.3. The first-order valence-corrected chi connectivity index (χ1v) is 9.62. The first-order chi connectivity index (χ1) is 14.1. The molecule has 6 heteroatoms. The Morgan fingerprint density at radius 1 is 1.00 bits per heavy atom. The number of carbonyl (C=O) groups is 2. The third-order valence-electron chi connectivity index (χ3n) is 5.59. The van der Waals surface area contributed by atoms with Gasteiger partial charge in [-0.2, -0.15) is 0 Å². The van der Waals surface area contributed by atoms with E-state index in [2.05, 4.69) is 5.32 Å². The molecule has 0 unspecified atom stereocenters. The van der Waals surface area contributed by atoms with E-state index in [0.29, 0.717) is 24.2 Å². The number of hydrogen-bond donors (Lipinski definition) is 1. The summed E-state index contributed by atoms with van der Waals surface area (Å²) in [6, 6.07) is 14.3. The SMILES string of the molecule is CC(=O)N1c2ccccc2NC2=C(C(=O)C[C@H](c3ccco3)C2)[C@@H]1c1ccco1. The van der Waals surface area contributed by atoms with Crippen LogP contribution in [-0.2, 0) is 9.59 Å². The van der Waals surface area contributed by atoms with Gasteiger partial charge >= 0.3 is 0 Å². The number of Topliss-reactive ketones (excluding diaryl/α,β-unsaturated/α-hetero) is 1. The Morgan fingerprint density at radius 3 is 2.41 bits per heavy atom. The number of para-hydroxylation sites is 2. The third-order valence-corrected chi connectivity index (χ3v) is 5.59. The van der Waals surface area contributed by atoms with Crippen molar-refractivity contribution in [2.24, 2.45) is 0 Å². The lowest BCUT2D eigenvalue weighted by molar-refractivity contribution is -0.117. The topological polar surface area (TPSA) is 75.7 Å². The molecule has 1 aromatic carbocycles. The second-order valence-electron chi connectivity index (χ2n) is 7.39. The number of hydrogen-bond acceptors (Lipinski definition) is 5. The molecule has 29 heavy (non-hydrogen) atoms. The average molecular weight is 388 g/mol. The fourth-order valence-electron chi connectivity index (χ4n) is 4.38. The fourth-order valence-corrected chi connectivity index (χ4v) is 4.38. The van der Waals surface area contributed by atoms with Gasteiger partial charge < -0.3 is 14.2 Å². The number of ketones is 1. The van der Waals surface area contributed by atoms with Gasteiger partial charge in [-0.15, -0.1) is 0 Å². The molecule has 5 rings (SSSR count). The Balaban J connectivity index is 1.71. The zero-order valence-corrected chi connectivity index (χ0v) is 15.9. The highest BCUT2D eigenvalue weighted by Gasteiger charge is 2.42. The van der Waals surface area contributed by atoms with Crippen LogP contribution in [0.1, 0.15) is 43.2 Å². The number of amides is 1. The largest absolute Gasteiger partial charge is 0.469 e. The number of furan rings is 2. The predicted molar refractivity (Wildman–Crippen MR) is 107 cm³/mol. The van der Waals surface area contributed by atoms with Crippen LogP contribution in [0.4, 0.5) is 11.4 Å². The minimum Gasteiger partial charge on any atom is -0.469 e. The summed E-state index contributed by atoms with van der Waals surface area (Å²) in [5, 5.41) is 3.44. The molecule has 1 aliphatic carbocycles. The molecule has 1 N–H and O–H groups in total. The molecule has 1 aliphatic heterocycles. The number of rotatable bonds is 2. The first kappa shape index (κ1) is 17.6. The van der Waals surface area contributed by atoms with E-state index in [-0.39, 0.29) is 17.6 Å². The van der Waals surface area contributed by atoms with Crippen molar-refractivity contribution in [2.75, 3.05) is 10.2 Å². The summed E-state index contributed by atoms with van der Waals surface area (Å²) in [7, 11) is 0. The molecule has 2 atom stereocenters. The molecule has 2 aliphatic rings. The van der Waals surface area contributed by atoms with E-state index in [1.807, 2.05) is 42.5 Å². The molecular weight excluding hydrogens is 368 g/mol. The number of allylic oxidation sites excluding steroid dienone is 1. The fraction of sp³-hybridized carbons (Fsp3) is 0.217. The van der Waals surface area contributed by atoms with Gasteiger partial charge in [0.2, 0.25) is 5.91 Å². The summed E-state index contributed by atoms with van der Waals surface area (Å²) < 4.78 is 11.3. The van der Waals surface area contributed by atoms with Crippen LogP contribution in [0.25, 0.3) is 0 Å². The molecule has 0 saturated carbocycles. The van der Waals surface area contributed by atoms with Crippen molar-refractivity contribution in [1.82, 2.24) is 0 Å². The van der Waals surface area contributed by atoms with Gasteiger partial charge in [-0.25, -0.2) is 0 Å². The van der Waals surface area contributed by atoms with Crippen molar-refractivity contribution in [3.63, 3.8) is 0 Å². The zero-order valence-electron chi connectivity index (χ0n) is 15.9. The predicted octanol–water partition coefficient (Wildman–Crippen LogP) is 4.79. The first-order valence-electron chi connectivity index (χ1n) is 9.62. The highest BCUT2D eigenvalue weighted by atomic mass is 16.3. The maximum Gasteiger partial charge on any atom is 0.224 e. The van der Waals surface area contributed by atoms with Gasteiger partial charge in [-0.3, -0.25) is 14.5 Å². The number of benzene rings is 1. The van der Waals surface area contributed by atoms with Crippen LogP contribution >= 0.6 is 0 Å². The highest BCUT2D eigenvalue weighted by molar-refractivity contribution is 6.05. The summed E-state index contributed by atoms with van der Waals surface area (Å²) in [5.74, 6) is 1.14. The molecule has 0 fully saturated rings. The minimum absolute atomic E-state index is 0.0133. The monoisotopic (exact) mass is 388 g/mol. The van der Waals surface area contributed by atoms with E-state index in [4.69, 9.17) is 8.83 Å². The Morgan fingerprint density at radius 2 is 1.72 bits per heavy atom. The Bertz CT molecular complexity index is 1100. The molecule has 146 valence electrons. The van der Waals surface area contributed by atoms with Crippen LogP contribution in [0.3, 0.4) is 0 Å².